The molecule has 3 N–H and O–H groups in total. The van der Waals surface area contributed by atoms with Crippen molar-refractivity contribution >= 4 is 46.7 Å². The summed E-state index contributed by atoms with van der Waals surface area (Å²) in [5.41, 5.74) is 7.88. The Kier molecular flexibility index (Phi) is 6.00. The van der Waals surface area contributed by atoms with Crippen molar-refractivity contribution in [3.05, 3.63) is 53.8 Å². The Morgan fingerprint density at radius 1 is 1.21 bits per heavy atom. The van der Waals surface area contributed by atoms with Gasteiger partial charge in [0.05, 0.1) is 23.0 Å². The molecule has 6 rings (SSSR count). The Hall–Kier alpha value is -3.36. The van der Waals surface area contributed by atoms with E-state index in [2.05, 4.69) is 25.0 Å². The maximum absolute atomic E-state index is 12.5. The molecule has 0 bridgehead atoms. The van der Waals surface area contributed by atoms with Crippen LogP contribution in [0.25, 0.3) is 5.65 Å². The number of imidazole rings is 1. The van der Waals surface area contributed by atoms with Crippen LogP contribution in [0, 0.1) is 5.41 Å². The molecule has 0 aromatic carbocycles. The summed E-state index contributed by atoms with van der Waals surface area (Å²) in [5, 5.41) is 6.34. The zero-order chi connectivity index (χ0) is 26.7. The molecule has 2 aliphatic heterocycles. The van der Waals surface area contributed by atoms with E-state index in [1.54, 1.807) is 36.2 Å². The third kappa shape index (κ3) is 4.35. The van der Waals surface area contributed by atoms with E-state index in [1.165, 1.54) is 22.4 Å². The summed E-state index contributed by atoms with van der Waals surface area (Å²) >= 11 is 7.78. The van der Waals surface area contributed by atoms with Gasteiger partial charge in [0.25, 0.3) is 0 Å². The van der Waals surface area contributed by atoms with Crippen molar-refractivity contribution in [3.63, 3.8) is 0 Å². The minimum Gasteiger partial charge on any atom is -0.341 e. The number of nitrogens with one attached hydrogen (secondary N) is 1. The van der Waals surface area contributed by atoms with Gasteiger partial charge < -0.3 is 20.4 Å². The molecular weight excluding hydrogens is 543 g/mol. The van der Waals surface area contributed by atoms with Crippen molar-refractivity contribution in [1.82, 2.24) is 29.1 Å². The van der Waals surface area contributed by atoms with Gasteiger partial charge in [-0.25, -0.2) is 15.0 Å². The summed E-state index contributed by atoms with van der Waals surface area (Å²) in [6, 6.07) is 3.66. The van der Waals surface area contributed by atoms with Crippen molar-refractivity contribution in [2.75, 3.05) is 23.3 Å². The van der Waals surface area contributed by atoms with Crippen LogP contribution in [0.1, 0.15) is 24.6 Å². The van der Waals surface area contributed by atoms with Crippen molar-refractivity contribution < 1.29 is 18.0 Å². The maximum atomic E-state index is 12.5. The molecule has 0 saturated carbocycles. The fraction of sp³-hybridized carbons (Fsp3) is 0.348. The van der Waals surface area contributed by atoms with Crippen LogP contribution in [-0.4, -0.2) is 54.3 Å². The van der Waals surface area contributed by atoms with Crippen molar-refractivity contribution in [3.8, 4) is 0 Å². The first-order chi connectivity index (χ1) is 18.1. The molecule has 0 unspecified atom stereocenters. The van der Waals surface area contributed by atoms with Crippen LogP contribution >= 0.6 is 23.4 Å². The molecule has 1 spiro atoms. The van der Waals surface area contributed by atoms with Crippen LogP contribution in [0.3, 0.4) is 0 Å². The van der Waals surface area contributed by atoms with Gasteiger partial charge in [0.1, 0.15) is 0 Å². The molecule has 1 saturated heterocycles. The van der Waals surface area contributed by atoms with Crippen LogP contribution in [0.15, 0.2) is 52.9 Å². The first-order valence-electron chi connectivity index (χ1n) is 11.7. The molecule has 4 aromatic heterocycles. The number of carbonyl (C=O) groups excluding carboxylic acids is 1. The summed E-state index contributed by atoms with van der Waals surface area (Å²) in [5.74, 6) is -1.73. The van der Waals surface area contributed by atoms with Gasteiger partial charge in [-0.05, 0) is 25.0 Å². The predicted octanol–water partition coefficient (Wildman–Crippen LogP) is 3.93. The van der Waals surface area contributed by atoms with Gasteiger partial charge in [-0.2, -0.15) is 18.3 Å². The molecule has 4 aromatic rings. The van der Waals surface area contributed by atoms with Gasteiger partial charge in [-0.15, -0.1) is 0 Å². The Labute approximate surface area is 223 Å². The van der Waals surface area contributed by atoms with E-state index in [1.807, 2.05) is 10.7 Å². The van der Waals surface area contributed by atoms with Crippen LogP contribution in [-0.2, 0) is 11.3 Å². The van der Waals surface area contributed by atoms with Crippen molar-refractivity contribution in [2.45, 2.75) is 41.4 Å². The first-order valence-corrected chi connectivity index (χ1v) is 12.9. The van der Waals surface area contributed by atoms with Gasteiger partial charge in [0.15, 0.2) is 11.5 Å². The number of amides is 1. The summed E-state index contributed by atoms with van der Waals surface area (Å²) in [4.78, 5) is 27.8. The molecule has 0 radical (unpaired) electrons. The summed E-state index contributed by atoms with van der Waals surface area (Å²) in [6.07, 6.45) is 4.87. The zero-order valence-corrected chi connectivity index (χ0v) is 21.3. The van der Waals surface area contributed by atoms with E-state index < -0.39 is 12.1 Å². The average molecular weight is 564 g/mol. The van der Waals surface area contributed by atoms with Gasteiger partial charge in [-0.1, -0.05) is 23.4 Å². The number of alkyl halides is 3. The molecule has 1 fully saturated rings. The lowest BCUT2D eigenvalue weighted by Crippen LogP contribution is -2.45. The third-order valence-corrected chi connectivity index (χ3v) is 8.60. The van der Waals surface area contributed by atoms with E-state index in [4.69, 9.17) is 17.3 Å². The highest BCUT2D eigenvalue weighted by atomic mass is 35.5. The van der Waals surface area contributed by atoms with Gasteiger partial charge in [0, 0.05) is 59.6 Å². The number of piperidine rings is 1. The monoisotopic (exact) mass is 563 g/mol. The highest BCUT2D eigenvalue weighted by Gasteiger charge is 2.47. The number of carbonyl (C=O) groups is 1. The SMILES string of the molecule is N[C@@H]1c2ccnn2CC12CCN(c1ncc(Sc3ccn4cc(NC(=O)C(F)(F)F)nc4c3Cl)cn1)CC2. The number of halogens is 4. The van der Waals surface area contributed by atoms with Crippen molar-refractivity contribution in [1.29, 1.82) is 0 Å². The number of hydrogen-bond donors (Lipinski definition) is 2. The Morgan fingerprint density at radius 2 is 1.95 bits per heavy atom. The van der Waals surface area contributed by atoms with E-state index in [-0.39, 0.29) is 27.9 Å². The summed E-state index contributed by atoms with van der Waals surface area (Å²) < 4.78 is 41.1. The summed E-state index contributed by atoms with van der Waals surface area (Å²) in [7, 11) is 0. The van der Waals surface area contributed by atoms with E-state index in [9.17, 15) is 18.0 Å². The molecule has 0 aliphatic carbocycles. The number of fused-ring (bicyclic) bond motifs is 2. The first kappa shape index (κ1) is 24.9. The number of aromatic nitrogens is 6. The molecule has 15 heteroatoms. The largest absolute Gasteiger partial charge is 0.471 e. The molecular formula is C23H21ClF3N9OS. The Balaban J connectivity index is 1.12. The smallest absolute Gasteiger partial charge is 0.341 e. The molecule has 198 valence electrons. The van der Waals surface area contributed by atoms with E-state index in [0.717, 1.165) is 43.1 Å². The van der Waals surface area contributed by atoms with Crippen molar-refractivity contribution in [2.24, 2.45) is 11.1 Å². The summed E-state index contributed by atoms with van der Waals surface area (Å²) in [6.45, 7) is 2.42. The second kappa shape index (κ2) is 9.13. The molecule has 2 aliphatic rings. The van der Waals surface area contributed by atoms with E-state index in [0.29, 0.717) is 10.8 Å². The predicted molar refractivity (Wildman–Crippen MR) is 134 cm³/mol. The Morgan fingerprint density at radius 3 is 2.63 bits per heavy atom. The zero-order valence-electron chi connectivity index (χ0n) is 19.7. The van der Waals surface area contributed by atoms with Crippen LogP contribution < -0.4 is 16.0 Å². The number of nitrogens with zero attached hydrogens (tertiary/aromatic N) is 7. The number of hydrogen-bond acceptors (Lipinski definition) is 8. The standard InChI is InChI=1S/C23H21ClF3N9OS/c24-17-15(2-6-35-11-16(32-19(17)35)33-20(37)23(25,26)27)38-13-9-29-21(30-10-13)34-7-3-22(4-8-34)12-36-14(18(22)28)1-5-31-36/h1-2,5-6,9-11,18H,3-4,7-8,12,28H2,(H,33,37)/t18-/m1/s1. The number of rotatable bonds is 4. The maximum Gasteiger partial charge on any atom is 0.471 e. The molecule has 1 amide bonds. The van der Waals surface area contributed by atoms with Crippen LogP contribution in [0.4, 0.5) is 24.9 Å². The minimum atomic E-state index is -5.02. The fourth-order valence-corrected chi connectivity index (χ4v) is 6.14. The lowest BCUT2D eigenvalue weighted by Gasteiger charge is -2.41. The number of nitrogens with two attached hydrogens (primary N) is 1. The average Bonchev–Trinajstić information content (AvgIpc) is 3.58. The normalized spacial score (nSPS) is 18.8. The van der Waals surface area contributed by atoms with Gasteiger partial charge in [-0.3, -0.25) is 9.48 Å². The Bertz CT molecular complexity index is 1510. The lowest BCUT2D eigenvalue weighted by atomic mass is 9.74. The minimum absolute atomic E-state index is 0.00748. The second-order valence-electron chi connectivity index (χ2n) is 9.36. The van der Waals surface area contributed by atoms with Crippen LogP contribution in [0.2, 0.25) is 5.02 Å². The molecule has 10 nitrogen and oxygen atoms in total. The van der Waals surface area contributed by atoms with E-state index >= 15 is 0 Å². The molecule has 6 heterocycles. The molecule has 38 heavy (non-hydrogen) atoms. The van der Waals surface area contributed by atoms with Crippen LogP contribution in [0.5, 0.6) is 0 Å². The third-order valence-electron chi connectivity index (χ3n) is 7.11. The highest BCUT2D eigenvalue weighted by molar-refractivity contribution is 7.99. The number of pyridine rings is 1. The quantitative estimate of drug-likeness (QED) is 0.383. The topological polar surface area (TPSA) is 119 Å². The van der Waals surface area contributed by atoms with Gasteiger partial charge >= 0.3 is 12.1 Å². The second-order valence-corrected chi connectivity index (χ2v) is 10.9. The number of anilines is 2. The molecule has 1 atom stereocenters. The highest BCUT2D eigenvalue weighted by Crippen LogP contribution is 2.47. The fourth-order valence-electron chi connectivity index (χ4n) is 5.05. The lowest BCUT2D eigenvalue weighted by molar-refractivity contribution is -0.167. The van der Waals surface area contributed by atoms with Gasteiger partial charge in [0.2, 0.25) is 5.95 Å².